The molecule has 0 aliphatic carbocycles. The summed E-state index contributed by atoms with van der Waals surface area (Å²) < 4.78 is 0. The van der Waals surface area contributed by atoms with E-state index in [0.717, 1.165) is 16.1 Å². The molecule has 0 radical (unpaired) electrons. The van der Waals surface area contributed by atoms with Crippen LogP contribution >= 0.6 is 11.3 Å². The minimum absolute atomic E-state index is 0.494. The van der Waals surface area contributed by atoms with Crippen molar-refractivity contribution in [2.75, 3.05) is 11.5 Å². The monoisotopic (exact) mass is 206 g/mol. The number of hydrogen-bond donors (Lipinski definition) is 2. The van der Waals surface area contributed by atoms with Crippen molar-refractivity contribution in [3.63, 3.8) is 0 Å². The molecule has 2 aromatic heterocycles. The first-order valence-corrected chi connectivity index (χ1v) is 4.93. The van der Waals surface area contributed by atoms with Gasteiger partial charge in [-0.15, -0.1) is 11.3 Å². The number of aryl methyl sites for hydroxylation is 1. The van der Waals surface area contributed by atoms with Gasteiger partial charge in [-0.05, 0) is 19.1 Å². The average Bonchev–Trinajstić information content (AvgIpc) is 2.45. The van der Waals surface area contributed by atoms with Gasteiger partial charge in [0.2, 0.25) is 0 Å². The van der Waals surface area contributed by atoms with Crippen LogP contribution in [0.1, 0.15) is 4.88 Å². The first-order chi connectivity index (χ1) is 6.66. The highest BCUT2D eigenvalue weighted by molar-refractivity contribution is 7.15. The zero-order valence-electron chi connectivity index (χ0n) is 7.69. The zero-order chi connectivity index (χ0) is 10.1. The maximum atomic E-state index is 5.62. The molecular weight excluding hydrogens is 196 g/mol. The first-order valence-electron chi connectivity index (χ1n) is 4.11. The summed E-state index contributed by atoms with van der Waals surface area (Å²) in [6.45, 7) is 1.99. The number of hydrogen-bond acceptors (Lipinski definition) is 5. The van der Waals surface area contributed by atoms with Crippen LogP contribution in [0, 0.1) is 6.92 Å². The molecule has 72 valence electrons. The van der Waals surface area contributed by atoms with Gasteiger partial charge >= 0.3 is 0 Å². The van der Waals surface area contributed by atoms with Gasteiger partial charge in [-0.1, -0.05) is 0 Å². The van der Waals surface area contributed by atoms with Crippen molar-refractivity contribution in [2.24, 2.45) is 0 Å². The van der Waals surface area contributed by atoms with E-state index >= 15 is 0 Å². The zero-order valence-corrected chi connectivity index (χ0v) is 8.51. The summed E-state index contributed by atoms with van der Waals surface area (Å²) in [5.74, 6) is 0.494. The Hall–Kier alpha value is -1.62. The Kier molecular flexibility index (Phi) is 2.09. The highest BCUT2D eigenvalue weighted by atomic mass is 32.1. The second kappa shape index (κ2) is 3.26. The highest BCUT2D eigenvalue weighted by Crippen LogP contribution is 2.28. The van der Waals surface area contributed by atoms with Crippen LogP contribution in [0.4, 0.5) is 10.9 Å². The molecule has 5 heteroatoms. The van der Waals surface area contributed by atoms with Gasteiger partial charge in [-0.3, -0.25) is 0 Å². The molecular formula is C9H10N4S. The van der Waals surface area contributed by atoms with Crippen LogP contribution in [-0.4, -0.2) is 9.97 Å². The Morgan fingerprint density at radius 2 is 2.14 bits per heavy atom. The van der Waals surface area contributed by atoms with Gasteiger partial charge < -0.3 is 11.5 Å². The summed E-state index contributed by atoms with van der Waals surface area (Å²) in [6.07, 6.45) is 1.67. The summed E-state index contributed by atoms with van der Waals surface area (Å²) in [7, 11) is 0. The van der Waals surface area contributed by atoms with Crippen molar-refractivity contribution >= 4 is 22.3 Å². The van der Waals surface area contributed by atoms with Crippen molar-refractivity contribution in [1.82, 2.24) is 9.97 Å². The van der Waals surface area contributed by atoms with E-state index in [9.17, 15) is 0 Å². The molecule has 0 aliphatic heterocycles. The second-order valence-electron chi connectivity index (χ2n) is 2.93. The molecule has 0 amide bonds. The van der Waals surface area contributed by atoms with Crippen LogP contribution in [-0.2, 0) is 0 Å². The topological polar surface area (TPSA) is 77.8 Å². The summed E-state index contributed by atoms with van der Waals surface area (Å²) >= 11 is 1.48. The van der Waals surface area contributed by atoms with Crippen LogP contribution in [0.25, 0.3) is 11.3 Å². The summed E-state index contributed by atoms with van der Waals surface area (Å²) in [4.78, 5) is 9.25. The van der Waals surface area contributed by atoms with Gasteiger partial charge in [0, 0.05) is 16.6 Å². The molecule has 0 aliphatic rings. The average molecular weight is 206 g/mol. The van der Waals surface area contributed by atoms with E-state index in [0.29, 0.717) is 10.9 Å². The second-order valence-corrected chi connectivity index (χ2v) is 4.16. The molecule has 2 heterocycles. The van der Waals surface area contributed by atoms with Crippen molar-refractivity contribution in [3.8, 4) is 11.3 Å². The van der Waals surface area contributed by atoms with Gasteiger partial charge in [0.25, 0.3) is 0 Å². The SMILES string of the molecule is Cc1sc(N)nc1-c1ccnc(N)c1. The lowest BCUT2D eigenvalue weighted by molar-refractivity contribution is 1.31. The molecule has 2 rings (SSSR count). The first kappa shape index (κ1) is 8.96. The van der Waals surface area contributed by atoms with Crippen molar-refractivity contribution in [1.29, 1.82) is 0 Å². The number of aromatic nitrogens is 2. The van der Waals surface area contributed by atoms with Gasteiger partial charge in [0.05, 0.1) is 5.69 Å². The van der Waals surface area contributed by atoms with E-state index in [1.165, 1.54) is 11.3 Å². The van der Waals surface area contributed by atoms with Crippen LogP contribution < -0.4 is 11.5 Å². The molecule has 4 N–H and O–H groups in total. The quantitative estimate of drug-likeness (QED) is 0.744. The normalized spacial score (nSPS) is 10.4. The van der Waals surface area contributed by atoms with Crippen LogP contribution in [0.15, 0.2) is 18.3 Å². The lowest BCUT2D eigenvalue weighted by atomic mass is 10.2. The number of pyridine rings is 1. The Morgan fingerprint density at radius 3 is 2.71 bits per heavy atom. The third kappa shape index (κ3) is 1.54. The minimum Gasteiger partial charge on any atom is -0.384 e. The predicted octanol–water partition coefficient (Wildman–Crippen LogP) is 1.68. The highest BCUT2D eigenvalue weighted by Gasteiger charge is 2.07. The molecule has 0 atom stereocenters. The van der Waals surface area contributed by atoms with E-state index in [1.54, 1.807) is 12.3 Å². The Morgan fingerprint density at radius 1 is 1.36 bits per heavy atom. The third-order valence-electron chi connectivity index (χ3n) is 1.87. The molecule has 2 aromatic rings. The standard InChI is InChI=1S/C9H10N4S/c1-5-8(13-9(11)14-5)6-2-3-12-7(10)4-6/h2-4H,1H3,(H2,10,12)(H2,11,13). The van der Waals surface area contributed by atoms with Gasteiger partial charge in [-0.25, -0.2) is 9.97 Å². The number of anilines is 2. The largest absolute Gasteiger partial charge is 0.384 e. The molecule has 0 aromatic carbocycles. The fourth-order valence-electron chi connectivity index (χ4n) is 1.28. The fourth-order valence-corrected chi connectivity index (χ4v) is 1.99. The smallest absolute Gasteiger partial charge is 0.180 e. The van der Waals surface area contributed by atoms with Crippen LogP contribution in [0.3, 0.4) is 0 Å². The third-order valence-corrected chi connectivity index (χ3v) is 2.67. The van der Waals surface area contributed by atoms with Crippen molar-refractivity contribution in [3.05, 3.63) is 23.2 Å². The minimum atomic E-state index is 0.494. The molecule has 0 saturated heterocycles. The Labute approximate surface area is 85.6 Å². The van der Waals surface area contributed by atoms with Crippen molar-refractivity contribution in [2.45, 2.75) is 6.92 Å². The molecule has 0 spiro atoms. The summed E-state index contributed by atoms with van der Waals surface area (Å²) in [5, 5.41) is 0.577. The van der Waals surface area contributed by atoms with Gasteiger partial charge in [0.1, 0.15) is 5.82 Å². The molecule has 14 heavy (non-hydrogen) atoms. The molecule has 0 unspecified atom stereocenters. The Bertz CT molecular complexity index is 464. The van der Waals surface area contributed by atoms with E-state index < -0.39 is 0 Å². The van der Waals surface area contributed by atoms with Gasteiger partial charge in [-0.2, -0.15) is 0 Å². The number of nitrogens with two attached hydrogens (primary N) is 2. The van der Waals surface area contributed by atoms with Crippen LogP contribution in [0.2, 0.25) is 0 Å². The fraction of sp³-hybridized carbons (Fsp3) is 0.111. The summed E-state index contributed by atoms with van der Waals surface area (Å²) in [6, 6.07) is 3.67. The maximum Gasteiger partial charge on any atom is 0.180 e. The number of thiazole rings is 1. The Balaban J connectivity index is 2.54. The van der Waals surface area contributed by atoms with Crippen LogP contribution in [0.5, 0.6) is 0 Å². The number of nitrogen functional groups attached to an aromatic ring is 2. The lowest BCUT2D eigenvalue weighted by Gasteiger charge is -1.98. The molecule has 0 bridgehead atoms. The lowest BCUT2D eigenvalue weighted by Crippen LogP contribution is -1.90. The van der Waals surface area contributed by atoms with E-state index in [-0.39, 0.29) is 0 Å². The van der Waals surface area contributed by atoms with E-state index in [4.69, 9.17) is 11.5 Å². The molecule has 0 saturated carbocycles. The van der Waals surface area contributed by atoms with Crippen molar-refractivity contribution < 1.29 is 0 Å². The number of rotatable bonds is 1. The predicted molar refractivity (Wildman–Crippen MR) is 58.9 cm³/mol. The van der Waals surface area contributed by atoms with E-state index in [1.807, 2.05) is 13.0 Å². The van der Waals surface area contributed by atoms with E-state index in [2.05, 4.69) is 9.97 Å². The summed E-state index contributed by atoms with van der Waals surface area (Å²) in [5.41, 5.74) is 13.1. The number of nitrogens with zero attached hydrogens (tertiary/aromatic N) is 2. The maximum absolute atomic E-state index is 5.62. The molecule has 0 fully saturated rings. The molecule has 4 nitrogen and oxygen atoms in total. The van der Waals surface area contributed by atoms with Gasteiger partial charge in [0.15, 0.2) is 5.13 Å².